The molecule has 3 heteroatoms. The zero-order valence-corrected chi connectivity index (χ0v) is 7.36. The van der Waals surface area contributed by atoms with Crippen LogP contribution in [0.2, 0.25) is 0 Å². The molecule has 1 saturated carbocycles. The monoisotopic (exact) mass is 176 g/mol. The molecule has 1 fully saturated rings. The molecule has 1 heterocycles. The van der Waals surface area contributed by atoms with Crippen molar-refractivity contribution in [2.75, 3.05) is 0 Å². The summed E-state index contributed by atoms with van der Waals surface area (Å²) in [6.45, 7) is 0. The summed E-state index contributed by atoms with van der Waals surface area (Å²) in [6, 6.07) is 4.00. The van der Waals surface area contributed by atoms with Gasteiger partial charge >= 0.3 is 0 Å². The molecule has 3 nitrogen and oxygen atoms in total. The summed E-state index contributed by atoms with van der Waals surface area (Å²) in [4.78, 5) is 14.7. The highest BCUT2D eigenvalue weighted by atomic mass is 16.1. The SMILES string of the molecule is NC(=O)Cc1cc(C2CC2)ccn1. The number of carbonyl (C=O) groups excluding carboxylic acids is 1. The smallest absolute Gasteiger partial charge is 0.223 e. The lowest BCUT2D eigenvalue weighted by atomic mass is 10.1. The molecule has 0 aromatic carbocycles. The first kappa shape index (κ1) is 8.23. The molecule has 0 aliphatic heterocycles. The van der Waals surface area contributed by atoms with Crippen molar-refractivity contribution < 1.29 is 4.79 Å². The first-order valence-electron chi connectivity index (χ1n) is 4.49. The minimum atomic E-state index is -0.319. The van der Waals surface area contributed by atoms with Gasteiger partial charge < -0.3 is 5.73 Å². The predicted molar refractivity (Wildman–Crippen MR) is 49.1 cm³/mol. The molecule has 1 aliphatic carbocycles. The standard InChI is InChI=1S/C10H12N2O/c11-10(13)6-9-5-8(3-4-12-9)7-1-2-7/h3-5,7H,1-2,6H2,(H2,11,13). The summed E-state index contributed by atoms with van der Waals surface area (Å²) in [5.74, 6) is 0.384. The van der Waals surface area contributed by atoms with Gasteiger partial charge in [0, 0.05) is 11.9 Å². The van der Waals surface area contributed by atoms with Crippen LogP contribution in [-0.2, 0) is 11.2 Å². The van der Waals surface area contributed by atoms with Crippen LogP contribution < -0.4 is 5.73 Å². The van der Waals surface area contributed by atoms with Crippen LogP contribution in [0.25, 0.3) is 0 Å². The molecule has 2 N–H and O–H groups in total. The summed E-state index contributed by atoms with van der Waals surface area (Å²) in [5, 5.41) is 0. The Labute approximate surface area is 77.0 Å². The van der Waals surface area contributed by atoms with Gasteiger partial charge in [-0.3, -0.25) is 9.78 Å². The van der Waals surface area contributed by atoms with Crippen molar-refractivity contribution in [2.45, 2.75) is 25.2 Å². The van der Waals surface area contributed by atoms with Crippen molar-refractivity contribution in [2.24, 2.45) is 5.73 Å². The number of nitrogens with two attached hydrogens (primary N) is 1. The van der Waals surface area contributed by atoms with Crippen LogP contribution in [0.5, 0.6) is 0 Å². The van der Waals surface area contributed by atoms with Gasteiger partial charge in [-0.05, 0) is 36.5 Å². The Morgan fingerprint density at radius 2 is 2.38 bits per heavy atom. The lowest BCUT2D eigenvalue weighted by molar-refractivity contribution is -0.117. The highest BCUT2D eigenvalue weighted by molar-refractivity contribution is 5.76. The maximum absolute atomic E-state index is 10.6. The third kappa shape index (κ3) is 2.05. The molecule has 0 atom stereocenters. The Kier molecular flexibility index (Phi) is 2.00. The van der Waals surface area contributed by atoms with Crippen LogP contribution in [0, 0.1) is 0 Å². The minimum Gasteiger partial charge on any atom is -0.369 e. The average molecular weight is 176 g/mol. The van der Waals surface area contributed by atoms with Crippen LogP contribution >= 0.6 is 0 Å². The molecule has 13 heavy (non-hydrogen) atoms. The van der Waals surface area contributed by atoms with Crippen LogP contribution in [0.3, 0.4) is 0 Å². The van der Waals surface area contributed by atoms with E-state index < -0.39 is 0 Å². The molecule has 1 amide bonds. The van der Waals surface area contributed by atoms with E-state index >= 15 is 0 Å². The first-order chi connectivity index (χ1) is 6.25. The number of pyridine rings is 1. The van der Waals surface area contributed by atoms with Gasteiger partial charge in [0.25, 0.3) is 0 Å². The number of nitrogens with zero attached hydrogens (tertiary/aromatic N) is 1. The van der Waals surface area contributed by atoms with Crippen molar-refractivity contribution in [1.82, 2.24) is 4.98 Å². The van der Waals surface area contributed by atoms with E-state index in [0.717, 1.165) is 5.69 Å². The van der Waals surface area contributed by atoms with Crippen molar-refractivity contribution in [3.63, 3.8) is 0 Å². The summed E-state index contributed by atoms with van der Waals surface area (Å²) < 4.78 is 0. The Hall–Kier alpha value is -1.38. The molecule has 1 aromatic rings. The summed E-state index contributed by atoms with van der Waals surface area (Å²) in [7, 11) is 0. The van der Waals surface area contributed by atoms with E-state index in [1.54, 1.807) is 6.20 Å². The van der Waals surface area contributed by atoms with Gasteiger partial charge in [0.2, 0.25) is 5.91 Å². The summed E-state index contributed by atoms with van der Waals surface area (Å²) >= 11 is 0. The molecule has 0 unspecified atom stereocenters. The van der Waals surface area contributed by atoms with E-state index in [0.29, 0.717) is 5.92 Å². The van der Waals surface area contributed by atoms with Gasteiger partial charge in [-0.2, -0.15) is 0 Å². The number of primary amides is 1. The van der Waals surface area contributed by atoms with Crippen molar-refractivity contribution >= 4 is 5.91 Å². The fourth-order valence-corrected chi connectivity index (χ4v) is 1.44. The first-order valence-corrected chi connectivity index (χ1v) is 4.49. The Bertz CT molecular complexity index is 331. The van der Waals surface area contributed by atoms with Gasteiger partial charge in [-0.15, -0.1) is 0 Å². The molecule has 2 rings (SSSR count). The number of hydrogen-bond donors (Lipinski definition) is 1. The van der Waals surface area contributed by atoms with E-state index in [1.807, 2.05) is 12.1 Å². The van der Waals surface area contributed by atoms with E-state index in [4.69, 9.17) is 5.73 Å². The molecule has 0 radical (unpaired) electrons. The normalized spacial score (nSPS) is 15.7. The molecule has 0 spiro atoms. The Morgan fingerprint density at radius 3 is 3.00 bits per heavy atom. The maximum atomic E-state index is 10.6. The largest absolute Gasteiger partial charge is 0.369 e. The third-order valence-corrected chi connectivity index (χ3v) is 2.24. The van der Waals surface area contributed by atoms with E-state index in [2.05, 4.69) is 4.98 Å². The third-order valence-electron chi connectivity index (χ3n) is 2.24. The van der Waals surface area contributed by atoms with Crippen molar-refractivity contribution in [3.05, 3.63) is 29.6 Å². The van der Waals surface area contributed by atoms with Gasteiger partial charge in [-0.1, -0.05) is 0 Å². The fourth-order valence-electron chi connectivity index (χ4n) is 1.44. The van der Waals surface area contributed by atoms with E-state index in [-0.39, 0.29) is 12.3 Å². The molecular weight excluding hydrogens is 164 g/mol. The van der Waals surface area contributed by atoms with Gasteiger partial charge in [0.1, 0.15) is 0 Å². The predicted octanol–water partition coefficient (Wildman–Crippen LogP) is 0.987. The average Bonchev–Trinajstić information content (AvgIpc) is 2.85. The Balaban J connectivity index is 2.16. The van der Waals surface area contributed by atoms with Gasteiger partial charge in [0.15, 0.2) is 0 Å². The molecule has 0 bridgehead atoms. The number of aromatic nitrogens is 1. The molecular formula is C10H12N2O. The molecule has 1 aliphatic rings. The molecule has 1 aromatic heterocycles. The van der Waals surface area contributed by atoms with E-state index in [1.165, 1.54) is 18.4 Å². The second-order valence-corrected chi connectivity index (χ2v) is 3.50. The second-order valence-electron chi connectivity index (χ2n) is 3.50. The zero-order chi connectivity index (χ0) is 9.26. The van der Waals surface area contributed by atoms with Crippen LogP contribution in [0.1, 0.15) is 30.0 Å². The van der Waals surface area contributed by atoms with Crippen LogP contribution in [0.15, 0.2) is 18.3 Å². The Morgan fingerprint density at radius 1 is 1.62 bits per heavy atom. The number of rotatable bonds is 3. The van der Waals surface area contributed by atoms with Crippen LogP contribution in [-0.4, -0.2) is 10.9 Å². The second kappa shape index (κ2) is 3.17. The van der Waals surface area contributed by atoms with E-state index in [9.17, 15) is 4.79 Å². The molecule has 68 valence electrons. The number of hydrogen-bond acceptors (Lipinski definition) is 2. The highest BCUT2D eigenvalue weighted by Gasteiger charge is 2.23. The van der Waals surface area contributed by atoms with Crippen LogP contribution in [0.4, 0.5) is 0 Å². The minimum absolute atomic E-state index is 0.251. The van der Waals surface area contributed by atoms with Crippen molar-refractivity contribution in [1.29, 1.82) is 0 Å². The zero-order valence-electron chi connectivity index (χ0n) is 7.36. The lowest BCUT2D eigenvalue weighted by Gasteiger charge is -2.00. The fraction of sp³-hybridized carbons (Fsp3) is 0.400. The maximum Gasteiger partial charge on any atom is 0.223 e. The lowest BCUT2D eigenvalue weighted by Crippen LogP contribution is -2.14. The topological polar surface area (TPSA) is 56.0 Å². The quantitative estimate of drug-likeness (QED) is 0.746. The number of carbonyl (C=O) groups is 1. The highest BCUT2D eigenvalue weighted by Crippen LogP contribution is 2.39. The number of amides is 1. The van der Waals surface area contributed by atoms with Crippen molar-refractivity contribution in [3.8, 4) is 0 Å². The van der Waals surface area contributed by atoms with Gasteiger partial charge in [0.05, 0.1) is 6.42 Å². The summed E-state index contributed by atoms with van der Waals surface area (Å²) in [6.07, 6.45) is 4.53. The summed E-state index contributed by atoms with van der Waals surface area (Å²) in [5.41, 5.74) is 7.17. The molecule has 0 saturated heterocycles. The van der Waals surface area contributed by atoms with Gasteiger partial charge in [-0.25, -0.2) is 0 Å².